The third-order valence-corrected chi connectivity index (χ3v) is 5.84. The molecule has 0 saturated heterocycles. The van der Waals surface area contributed by atoms with Gasteiger partial charge < -0.3 is 10.1 Å². The van der Waals surface area contributed by atoms with E-state index in [1.165, 1.54) is 25.3 Å². The monoisotopic (exact) mass is 444 g/mol. The minimum absolute atomic E-state index is 0.0852. The Hall–Kier alpha value is -1.80. The Kier molecular flexibility index (Phi) is 7.71. The SMILES string of the molecule is COc1ccc(C(=O)NCCc2cc(Cl)cc(Cl)c2)cc1S(=O)(=O)NC(C)C. The fourth-order valence-electron chi connectivity index (χ4n) is 2.58. The van der Waals surface area contributed by atoms with Crippen LogP contribution >= 0.6 is 23.2 Å². The van der Waals surface area contributed by atoms with Gasteiger partial charge in [0.1, 0.15) is 10.6 Å². The number of methoxy groups -OCH3 is 1. The van der Waals surface area contributed by atoms with Crippen LogP contribution in [0.25, 0.3) is 0 Å². The van der Waals surface area contributed by atoms with E-state index in [-0.39, 0.29) is 22.3 Å². The summed E-state index contributed by atoms with van der Waals surface area (Å²) in [5, 5.41) is 3.81. The third kappa shape index (κ3) is 6.10. The highest BCUT2D eigenvalue weighted by molar-refractivity contribution is 7.89. The summed E-state index contributed by atoms with van der Waals surface area (Å²) in [4.78, 5) is 12.4. The fourth-order valence-corrected chi connectivity index (χ4v) is 4.60. The standard InChI is InChI=1S/C19H22Cl2N2O4S/c1-12(2)23-28(25,26)18-10-14(4-5-17(18)27-3)19(24)22-7-6-13-8-15(20)11-16(21)9-13/h4-5,8-12,23H,6-7H2,1-3H3,(H,22,24). The molecular formula is C19H22Cl2N2O4S. The summed E-state index contributed by atoms with van der Waals surface area (Å²) in [6, 6.07) is 9.16. The molecule has 152 valence electrons. The number of benzene rings is 2. The van der Waals surface area contributed by atoms with Gasteiger partial charge in [-0.05, 0) is 62.2 Å². The first-order valence-electron chi connectivity index (χ1n) is 8.56. The maximum absolute atomic E-state index is 12.5. The summed E-state index contributed by atoms with van der Waals surface area (Å²) in [6.45, 7) is 3.76. The van der Waals surface area contributed by atoms with Crippen LogP contribution in [0.1, 0.15) is 29.8 Å². The lowest BCUT2D eigenvalue weighted by atomic mass is 10.1. The van der Waals surface area contributed by atoms with Crippen molar-refractivity contribution < 1.29 is 17.9 Å². The van der Waals surface area contributed by atoms with Crippen molar-refractivity contribution in [2.45, 2.75) is 31.2 Å². The van der Waals surface area contributed by atoms with Crippen molar-refractivity contribution in [1.29, 1.82) is 0 Å². The van der Waals surface area contributed by atoms with Gasteiger partial charge in [-0.1, -0.05) is 23.2 Å². The van der Waals surface area contributed by atoms with E-state index in [2.05, 4.69) is 10.0 Å². The molecule has 0 bridgehead atoms. The first kappa shape index (κ1) is 22.5. The number of nitrogens with one attached hydrogen (secondary N) is 2. The number of hydrogen-bond donors (Lipinski definition) is 2. The van der Waals surface area contributed by atoms with Gasteiger partial charge in [0.05, 0.1) is 7.11 Å². The molecule has 0 aliphatic rings. The molecule has 28 heavy (non-hydrogen) atoms. The van der Waals surface area contributed by atoms with Gasteiger partial charge in [-0.25, -0.2) is 13.1 Å². The van der Waals surface area contributed by atoms with E-state index < -0.39 is 15.9 Å². The average molecular weight is 445 g/mol. The summed E-state index contributed by atoms with van der Waals surface area (Å²) in [6.07, 6.45) is 0.530. The van der Waals surface area contributed by atoms with Gasteiger partial charge in [-0.2, -0.15) is 0 Å². The van der Waals surface area contributed by atoms with Gasteiger partial charge in [0.15, 0.2) is 0 Å². The van der Waals surface area contributed by atoms with Crippen LogP contribution in [0.2, 0.25) is 10.0 Å². The number of carbonyl (C=O) groups is 1. The Labute approximate surface area is 175 Å². The van der Waals surface area contributed by atoms with Crippen molar-refractivity contribution in [3.05, 3.63) is 57.6 Å². The zero-order valence-corrected chi connectivity index (χ0v) is 18.1. The Balaban J connectivity index is 2.14. The van der Waals surface area contributed by atoms with Crippen LogP contribution in [-0.2, 0) is 16.4 Å². The average Bonchev–Trinajstić information content (AvgIpc) is 2.59. The van der Waals surface area contributed by atoms with Crippen LogP contribution in [0.15, 0.2) is 41.3 Å². The first-order valence-corrected chi connectivity index (χ1v) is 10.8. The summed E-state index contributed by atoms with van der Waals surface area (Å²) in [5.74, 6) is -0.227. The van der Waals surface area contributed by atoms with Crippen LogP contribution in [0.4, 0.5) is 0 Å². The molecule has 0 fully saturated rings. The summed E-state index contributed by atoms with van der Waals surface area (Å²) >= 11 is 11.9. The zero-order valence-electron chi connectivity index (χ0n) is 15.8. The van der Waals surface area contributed by atoms with E-state index in [0.29, 0.717) is 23.0 Å². The van der Waals surface area contributed by atoms with Crippen molar-refractivity contribution in [2.24, 2.45) is 0 Å². The lowest BCUT2D eigenvalue weighted by Crippen LogP contribution is -2.31. The second-order valence-electron chi connectivity index (χ2n) is 6.43. The molecule has 0 unspecified atom stereocenters. The lowest BCUT2D eigenvalue weighted by molar-refractivity contribution is 0.0954. The van der Waals surface area contributed by atoms with Crippen molar-refractivity contribution in [3.8, 4) is 5.75 Å². The largest absolute Gasteiger partial charge is 0.495 e. The van der Waals surface area contributed by atoms with E-state index in [4.69, 9.17) is 27.9 Å². The highest BCUT2D eigenvalue weighted by atomic mass is 35.5. The Morgan fingerprint density at radius 3 is 2.32 bits per heavy atom. The first-order chi connectivity index (χ1) is 13.1. The van der Waals surface area contributed by atoms with Crippen LogP contribution in [-0.4, -0.2) is 34.0 Å². The third-order valence-electron chi connectivity index (χ3n) is 3.73. The molecule has 0 radical (unpaired) electrons. The second kappa shape index (κ2) is 9.60. The minimum atomic E-state index is -3.82. The molecule has 0 aromatic heterocycles. The summed E-state index contributed by atoms with van der Waals surface area (Å²) in [7, 11) is -2.44. The maximum atomic E-state index is 12.5. The molecule has 9 heteroatoms. The predicted molar refractivity (Wildman–Crippen MR) is 111 cm³/mol. The molecule has 0 heterocycles. The van der Waals surface area contributed by atoms with Crippen molar-refractivity contribution in [3.63, 3.8) is 0 Å². The van der Waals surface area contributed by atoms with Gasteiger partial charge in [0, 0.05) is 28.2 Å². The van der Waals surface area contributed by atoms with Crippen molar-refractivity contribution in [2.75, 3.05) is 13.7 Å². The quantitative estimate of drug-likeness (QED) is 0.650. The lowest BCUT2D eigenvalue weighted by Gasteiger charge is -2.14. The van der Waals surface area contributed by atoms with E-state index >= 15 is 0 Å². The Bertz CT molecular complexity index is 942. The van der Waals surface area contributed by atoms with Gasteiger partial charge in [-0.15, -0.1) is 0 Å². The molecule has 0 aliphatic carbocycles. The molecule has 2 aromatic carbocycles. The maximum Gasteiger partial charge on any atom is 0.251 e. The summed E-state index contributed by atoms with van der Waals surface area (Å²) < 4.78 is 32.6. The molecule has 2 N–H and O–H groups in total. The Morgan fingerprint density at radius 1 is 1.11 bits per heavy atom. The number of rotatable bonds is 8. The summed E-state index contributed by atoms with van der Waals surface area (Å²) in [5.41, 5.74) is 1.10. The number of amides is 1. The molecule has 6 nitrogen and oxygen atoms in total. The van der Waals surface area contributed by atoms with Crippen LogP contribution in [0.5, 0.6) is 5.75 Å². The predicted octanol–water partition coefficient (Wildman–Crippen LogP) is 3.66. The van der Waals surface area contributed by atoms with E-state index in [1.54, 1.807) is 32.0 Å². The number of carbonyl (C=O) groups excluding carboxylic acids is 1. The van der Waals surface area contributed by atoms with E-state index in [0.717, 1.165) is 5.56 Å². The normalized spacial score (nSPS) is 11.5. The second-order valence-corrected chi connectivity index (χ2v) is 8.98. The topological polar surface area (TPSA) is 84.5 Å². The van der Waals surface area contributed by atoms with E-state index in [1.807, 2.05) is 0 Å². The van der Waals surface area contributed by atoms with Crippen LogP contribution in [0, 0.1) is 0 Å². The van der Waals surface area contributed by atoms with Crippen molar-refractivity contribution in [1.82, 2.24) is 10.0 Å². The molecule has 0 atom stereocenters. The van der Waals surface area contributed by atoms with Crippen LogP contribution < -0.4 is 14.8 Å². The van der Waals surface area contributed by atoms with Crippen LogP contribution in [0.3, 0.4) is 0 Å². The number of sulfonamides is 1. The molecule has 0 spiro atoms. The van der Waals surface area contributed by atoms with Gasteiger partial charge in [0.2, 0.25) is 10.0 Å². The molecular weight excluding hydrogens is 423 g/mol. The molecule has 0 aliphatic heterocycles. The van der Waals surface area contributed by atoms with Gasteiger partial charge in [-0.3, -0.25) is 4.79 Å². The van der Waals surface area contributed by atoms with Crippen molar-refractivity contribution >= 4 is 39.1 Å². The highest BCUT2D eigenvalue weighted by Gasteiger charge is 2.22. The number of halogens is 2. The Morgan fingerprint density at radius 2 is 1.75 bits per heavy atom. The fraction of sp³-hybridized carbons (Fsp3) is 0.316. The number of hydrogen-bond acceptors (Lipinski definition) is 4. The molecule has 0 saturated carbocycles. The van der Waals surface area contributed by atoms with E-state index in [9.17, 15) is 13.2 Å². The number of ether oxygens (including phenoxy) is 1. The molecule has 2 aromatic rings. The highest BCUT2D eigenvalue weighted by Crippen LogP contribution is 2.25. The molecule has 1 amide bonds. The van der Waals surface area contributed by atoms with Gasteiger partial charge in [0.25, 0.3) is 5.91 Å². The zero-order chi connectivity index (χ0) is 20.9. The van der Waals surface area contributed by atoms with Gasteiger partial charge >= 0.3 is 0 Å². The minimum Gasteiger partial charge on any atom is -0.495 e. The molecule has 2 rings (SSSR count). The smallest absolute Gasteiger partial charge is 0.251 e.